The lowest BCUT2D eigenvalue weighted by molar-refractivity contribution is -0.126. The number of carbonyl (C=O) groups excluding carboxylic acids is 1. The van der Waals surface area contributed by atoms with Gasteiger partial charge in [0.25, 0.3) is 0 Å². The number of hydrogen-bond donors (Lipinski definition) is 2. The Kier molecular flexibility index (Phi) is 5.33. The van der Waals surface area contributed by atoms with Gasteiger partial charge < -0.3 is 11.1 Å². The van der Waals surface area contributed by atoms with E-state index in [-0.39, 0.29) is 11.9 Å². The zero-order valence-corrected chi connectivity index (χ0v) is 11.7. The van der Waals surface area contributed by atoms with E-state index >= 15 is 0 Å². The van der Waals surface area contributed by atoms with Crippen molar-refractivity contribution < 1.29 is 4.79 Å². The Morgan fingerprint density at radius 3 is 2.47 bits per heavy atom. The molecule has 1 amide bonds. The fourth-order valence-corrected chi connectivity index (χ4v) is 1.93. The van der Waals surface area contributed by atoms with Gasteiger partial charge in [-0.2, -0.15) is 0 Å². The molecule has 0 aliphatic heterocycles. The van der Waals surface area contributed by atoms with E-state index in [1.165, 1.54) is 0 Å². The van der Waals surface area contributed by atoms with Gasteiger partial charge in [0, 0.05) is 25.0 Å². The van der Waals surface area contributed by atoms with Crippen LogP contribution in [-0.4, -0.2) is 40.5 Å². The van der Waals surface area contributed by atoms with Crippen LogP contribution < -0.4 is 11.1 Å². The highest BCUT2D eigenvalue weighted by Crippen LogP contribution is 2.19. The molecule has 98 valence electrons. The van der Waals surface area contributed by atoms with Gasteiger partial charge >= 0.3 is 0 Å². The van der Waals surface area contributed by atoms with Crippen LogP contribution in [0.25, 0.3) is 0 Å². The molecule has 1 aliphatic rings. The van der Waals surface area contributed by atoms with Crippen LogP contribution in [0.15, 0.2) is 0 Å². The molecule has 3 N–H and O–H groups in total. The third kappa shape index (κ3) is 5.00. The lowest BCUT2D eigenvalue weighted by Crippen LogP contribution is -2.49. The average molecular weight is 257 g/mol. The number of nitrogens with one attached hydrogen (secondary N) is 1. The zero-order chi connectivity index (χ0) is 13.0. The molecule has 1 saturated carbocycles. The van der Waals surface area contributed by atoms with Crippen molar-refractivity contribution in [3.05, 3.63) is 0 Å². The Labute approximate surface area is 109 Å². The number of nitrogens with two attached hydrogens (primary N) is 1. The van der Waals surface area contributed by atoms with E-state index in [2.05, 4.69) is 24.1 Å². The first kappa shape index (κ1) is 14.4. The van der Waals surface area contributed by atoms with Crippen LogP contribution in [-0.2, 0) is 4.79 Å². The van der Waals surface area contributed by atoms with Crippen molar-refractivity contribution in [3.63, 3.8) is 0 Å². The summed E-state index contributed by atoms with van der Waals surface area (Å²) < 4.78 is 0. The maximum atomic E-state index is 12.0. The summed E-state index contributed by atoms with van der Waals surface area (Å²) in [4.78, 5) is 14.6. The van der Waals surface area contributed by atoms with Crippen molar-refractivity contribution >= 4 is 23.1 Å². The number of amides is 1. The second kappa shape index (κ2) is 6.31. The Balaban J connectivity index is 2.48. The van der Waals surface area contributed by atoms with E-state index in [1.54, 1.807) is 0 Å². The predicted octanol–water partition coefficient (Wildman–Crippen LogP) is 1.04. The van der Waals surface area contributed by atoms with Gasteiger partial charge in [0.15, 0.2) is 0 Å². The lowest BCUT2D eigenvalue weighted by Gasteiger charge is -2.31. The van der Waals surface area contributed by atoms with Crippen molar-refractivity contribution in [1.29, 1.82) is 0 Å². The Hall–Kier alpha value is -0.680. The van der Waals surface area contributed by atoms with E-state index < -0.39 is 0 Å². The van der Waals surface area contributed by atoms with Crippen LogP contribution in [0.3, 0.4) is 0 Å². The lowest BCUT2D eigenvalue weighted by atomic mass is 10.2. The molecule has 1 unspecified atom stereocenters. The predicted molar refractivity (Wildman–Crippen MR) is 73.9 cm³/mol. The minimum atomic E-state index is -0.120. The smallest absolute Gasteiger partial charge is 0.237 e. The molecule has 17 heavy (non-hydrogen) atoms. The first-order chi connectivity index (χ1) is 7.91. The van der Waals surface area contributed by atoms with Gasteiger partial charge in [-0.3, -0.25) is 9.69 Å². The normalized spacial score (nSPS) is 17.2. The molecular weight excluding hydrogens is 234 g/mol. The summed E-state index contributed by atoms with van der Waals surface area (Å²) >= 11 is 4.88. The van der Waals surface area contributed by atoms with Gasteiger partial charge in [-0.25, -0.2) is 0 Å². The summed E-state index contributed by atoms with van der Waals surface area (Å²) in [5, 5.41) is 3.03. The first-order valence-electron chi connectivity index (χ1n) is 6.26. The second-order valence-electron chi connectivity index (χ2n) is 5.01. The van der Waals surface area contributed by atoms with Gasteiger partial charge in [0.1, 0.15) is 0 Å². The van der Waals surface area contributed by atoms with Crippen LogP contribution >= 0.6 is 12.2 Å². The standard InChI is InChI=1S/C12H23N3OS/c1-8(2)15(7-6-11(13)17)9(3)12(16)14-10-4-5-10/h8-10H,4-7H2,1-3H3,(H2,13,17)(H,14,16). The van der Waals surface area contributed by atoms with E-state index in [9.17, 15) is 4.79 Å². The van der Waals surface area contributed by atoms with Crippen LogP contribution in [0.5, 0.6) is 0 Å². The van der Waals surface area contributed by atoms with Crippen molar-refractivity contribution in [2.75, 3.05) is 6.54 Å². The number of carbonyl (C=O) groups is 1. The van der Waals surface area contributed by atoms with Crippen molar-refractivity contribution in [3.8, 4) is 0 Å². The topological polar surface area (TPSA) is 58.4 Å². The van der Waals surface area contributed by atoms with Crippen LogP contribution in [0.4, 0.5) is 0 Å². The van der Waals surface area contributed by atoms with E-state index in [1.807, 2.05) is 6.92 Å². The highest BCUT2D eigenvalue weighted by atomic mass is 32.1. The van der Waals surface area contributed by atoms with Gasteiger partial charge in [-0.15, -0.1) is 0 Å². The third-order valence-corrected chi connectivity index (χ3v) is 3.28. The van der Waals surface area contributed by atoms with E-state index in [4.69, 9.17) is 18.0 Å². The number of hydrogen-bond acceptors (Lipinski definition) is 3. The molecule has 0 radical (unpaired) electrons. The molecule has 4 nitrogen and oxygen atoms in total. The van der Waals surface area contributed by atoms with E-state index in [0.29, 0.717) is 23.5 Å². The van der Waals surface area contributed by atoms with Crippen molar-refractivity contribution in [2.24, 2.45) is 5.73 Å². The SMILES string of the molecule is CC(C)N(CCC(N)=S)C(C)C(=O)NC1CC1. The molecule has 1 aliphatic carbocycles. The van der Waals surface area contributed by atoms with Crippen LogP contribution in [0, 0.1) is 0 Å². The minimum Gasteiger partial charge on any atom is -0.393 e. The highest BCUT2D eigenvalue weighted by Gasteiger charge is 2.29. The maximum Gasteiger partial charge on any atom is 0.237 e. The van der Waals surface area contributed by atoms with Crippen LogP contribution in [0.2, 0.25) is 0 Å². The van der Waals surface area contributed by atoms with Gasteiger partial charge in [-0.1, -0.05) is 12.2 Å². The Bertz CT molecular complexity index is 289. The molecule has 1 rings (SSSR count). The highest BCUT2D eigenvalue weighted by molar-refractivity contribution is 7.80. The average Bonchev–Trinajstić information content (AvgIpc) is 3.00. The molecule has 0 heterocycles. The summed E-state index contributed by atoms with van der Waals surface area (Å²) in [7, 11) is 0. The van der Waals surface area contributed by atoms with Crippen molar-refractivity contribution in [1.82, 2.24) is 10.2 Å². The van der Waals surface area contributed by atoms with Gasteiger partial charge in [0.05, 0.1) is 11.0 Å². The third-order valence-electron chi connectivity index (χ3n) is 3.08. The van der Waals surface area contributed by atoms with Crippen molar-refractivity contribution in [2.45, 2.75) is 58.2 Å². The Morgan fingerprint density at radius 1 is 1.47 bits per heavy atom. The molecule has 1 atom stereocenters. The number of thiocarbonyl (C=S) groups is 1. The Morgan fingerprint density at radius 2 is 2.06 bits per heavy atom. The van der Waals surface area contributed by atoms with E-state index in [0.717, 1.165) is 19.4 Å². The maximum absolute atomic E-state index is 12.0. The molecular formula is C12H23N3OS. The molecule has 0 bridgehead atoms. The molecule has 5 heteroatoms. The first-order valence-corrected chi connectivity index (χ1v) is 6.67. The molecule has 0 saturated heterocycles. The molecule has 0 aromatic rings. The number of rotatable bonds is 7. The zero-order valence-electron chi connectivity index (χ0n) is 10.9. The summed E-state index contributed by atoms with van der Waals surface area (Å²) in [5.74, 6) is 0.115. The molecule has 0 aromatic carbocycles. The van der Waals surface area contributed by atoms with Gasteiger partial charge in [-0.05, 0) is 33.6 Å². The van der Waals surface area contributed by atoms with Crippen LogP contribution in [0.1, 0.15) is 40.0 Å². The molecule has 0 spiro atoms. The quantitative estimate of drug-likeness (QED) is 0.669. The fraction of sp³-hybridized carbons (Fsp3) is 0.833. The summed E-state index contributed by atoms with van der Waals surface area (Å²) in [6.45, 7) is 6.85. The summed E-state index contributed by atoms with van der Waals surface area (Å²) in [6, 6.07) is 0.601. The summed E-state index contributed by atoms with van der Waals surface area (Å²) in [5.41, 5.74) is 5.51. The molecule has 1 fully saturated rings. The monoisotopic (exact) mass is 257 g/mol. The second-order valence-corrected chi connectivity index (χ2v) is 5.53. The minimum absolute atomic E-state index is 0.115. The number of nitrogens with zero attached hydrogens (tertiary/aromatic N) is 1. The largest absolute Gasteiger partial charge is 0.393 e. The summed E-state index contributed by atoms with van der Waals surface area (Å²) in [6.07, 6.45) is 2.90. The van der Waals surface area contributed by atoms with Gasteiger partial charge in [0.2, 0.25) is 5.91 Å². The fourth-order valence-electron chi connectivity index (χ4n) is 1.84. The molecule has 0 aromatic heterocycles.